The third-order valence-corrected chi connectivity index (χ3v) is 2.78. The molecule has 0 bridgehead atoms. The molecule has 4 N–H and O–H groups in total. The Bertz CT molecular complexity index is 449. The number of hydrogen-bond donors (Lipinski definition) is 4. The zero-order valence-electron chi connectivity index (χ0n) is 11.6. The van der Waals surface area contributed by atoms with E-state index in [0.717, 1.165) is 6.42 Å². The molecule has 1 aromatic rings. The van der Waals surface area contributed by atoms with Gasteiger partial charge >= 0.3 is 0 Å². The van der Waals surface area contributed by atoms with Crippen LogP contribution in [0.4, 0.5) is 11.4 Å². The maximum atomic E-state index is 11.7. The summed E-state index contributed by atoms with van der Waals surface area (Å²) in [6.45, 7) is 3.52. The number of anilines is 2. The fourth-order valence-corrected chi connectivity index (χ4v) is 1.90. The minimum Gasteiger partial charge on any atom is -0.733 e. The Morgan fingerprint density at radius 2 is 2.10 bits per heavy atom. The number of nitrogens with zero attached hydrogens (tertiary/aromatic N) is 1. The largest absolute Gasteiger partial charge is 0.733 e. The number of amides is 1. The van der Waals surface area contributed by atoms with Crippen LogP contribution in [0.2, 0.25) is 0 Å². The Balaban J connectivity index is 2.57. The highest BCUT2D eigenvalue weighted by Gasteiger charge is 2.23. The molecule has 0 saturated heterocycles. The molecular weight excluding hydrogens is 262 g/mol. The summed E-state index contributed by atoms with van der Waals surface area (Å²) in [5, 5.41) is 29.5. The normalized spacial score (nSPS) is 13.4. The topological polar surface area (TPSA) is 108 Å². The second kappa shape index (κ2) is 7.09. The van der Waals surface area contributed by atoms with Crippen molar-refractivity contribution in [3.8, 4) is 0 Å². The average molecular weight is 282 g/mol. The van der Waals surface area contributed by atoms with Crippen LogP contribution in [-0.4, -0.2) is 21.8 Å². The van der Waals surface area contributed by atoms with E-state index in [9.17, 15) is 15.1 Å². The lowest BCUT2D eigenvalue weighted by molar-refractivity contribution is -0.125. The summed E-state index contributed by atoms with van der Waals surface area (Å²) in [5.74, 6) is -0.409. The van der Waals surface area contributed by atoms with Crippen molar-refractivity contribution < 1.29 is 15.1 Å². The van der Waals surface area contributed by atoms with E-state index in [1.54, 1.807) is 19.1 Å². The highest BCUT2D eigenvalue weighted by atomic mass is 16.8. The molecule has 0 aliphatic heterocycles. The van der Waals surface area contributed by atoms with Crippen LogP contribution in [0.25, 0.3) is 0 Å². The van der Waals surface area contributed by atoms with E-state index in [0.29, 0.717) is 6.42 Å². The van der Waals surface area contributed by atoms with Gasteiger partial charge in [0, 0.05) is 0 Å². The number of hydrogen-bond acceptors (Lipinski definition) is 6. The third-order valence-electron chi connectivity index (χ3n) is 2.78. The molecule has 1 unspecified atom stereocenters. The second-order valence-electron chi connectivity index (χ2n) is 4.89. The molecule has 0 fully saturated rings. The zero-order valence-corrected chi connectivity index (χ0v) is 11.6. The second-order valence-corrected chi connectivity index (χ2v) is 4.89. The zero-order chi connectivity index (χ0) is 15.2. The minimum absolute atomic E-state index is 0.0203. The van der Waals surface area contributed by atoms with Gasteiger partial charge in [0.15, 0.2) is 0 Å². The van der Waals surface area contributed by atoms with Gasteiger partial charge in [0.2, 0.25) is 5.91 Å². The molecule has 112 valence electrons. The van der Waals surface area contributed by atoms with Gasteiger partial charge in [-0.1, -0.05) is 25.5 Å². The summed E-state index contributed by atoms with van der Waals surface area (Å²) in [6.07, 6.45) is 1.23. The molecule has 0 heterocycles. The lowest BCUT2D eigenvalue weighted by Gasteiger charge is -2.25. The monoisotopic (exact) mass is 282 g/mol. The van der Waals surface area contributed by atoms with Crippen molar-refractivity contribution in [1.29, 1.82) is 0 Å². The third kappa shape index (κ3) is 5.04. The fraction of sp³-hybridized carbons (Fsp3) is 0.462. The molecule has 0 aromatic heterocycles. The maximum Gasteiger partial charge on any atom is 0.241 e. The van der Waals surface area contributed by atoms with Gasteiger partial charge in [0.25, 0.3) is 0 Å². The van der Waals surface area contributed by atoms with E-state index in [2.05, 4.69) is 10.9 Å². The van der Waals surface area contributed by atoms with Crippen molar-refractivity contribution in [2.75, 3.05) is 10.7 Å². The van der Waals surface area contributed by atoms with Crippen LogP contribution in [0.15, 0.2) is 24.3 Å². The van der Waals surface area contributed by atoms with Gasteiger partial charge in [0.05, 0.1) is 23.4 Å². The van der Waals surface area contributed by atoms with Crippen LogP contribution in [0.1, 0.15) is 33.1 Å². The van der Waals surface area contributed by atoms with E-state index in [1.165, 1.54) is 12.1 Å². The lowest BCUT2D eigenvalue weighted by Crippen LogP contribution is -2.37. The van der Waals surface area contributed by atoms with Crippen LogP contribution in [-0.2, 0) is 4.79 Å². The first-order valence-corrected chi connectivity index (χ1v) is 6.38. The van der Waals surface area contributed by atoms with Crippen molar-refractivity contribution >= 4 is 17.3 Å². The molecule has 0 aliphatic carbocycles. The Hall–Kier alpha value is -1.83. The Kier molecular flexibility index (Phi) is 5.75. The standard InChI is InChI=1S/C13H20N3O4/c1-3-8-13(2,18)9-12(17)15-14-10-6-4-5-7-11(10)16(19)20/h4-7,14,18-19H,3,8-9H2,1-2H3,(H,15,17)/q-1. The molecule has 1 rings (SSSR count). The number of aliphatic hydroxyl groups is 1. The molecular formula is C13H20N3O4-. The Morgan fingerprint density at radius 1 is 1.45 bits per heavy atom. The van der Waals surface area contributed by atoms with Crippen LogP contribution >= 0.6 is 0 Å². The smallest absolute Gasteiger partial charge is 0.241 e. The quantitative estimate of drug-likeness (QED) is 0.568. The van der Waals surface area contributed by atoms with Crippen molar-refractivity contribution in [3.05, 3.63) is 29.5 Å². The van der Waals surface area contributed by atoms with Gasteiger partial charge in [-0.25, -0.2) is 0 Å². The van der Waals surface area contributed by atoms with Crippen molar-refractivity contribution in [2.45, 2.75) is 38.7 Å². The number of para-hydroxylation sites is 2. The Morgan fingerprint density at radius 3 is 2.70 bits per heavy atom. The molecule has 0 saturated carbocycles. The first kappa shape index (κ1) is 16.2. The highest BCUT2D eigenvalue weighted by molar-refractivity contribution is 5.80. The Labute approximate surface area is 117 Å². The number of carbonyl (C=O) groups excluding carboxylic acids is 1. The number of carbonyl (C=O) groups is 1. The molecule has 7 heteroatoms. The molecule has 0 spiro atoms. The predicted octanol–water partition coefficient (Wildman–Crippen LogP) is 1.76. The summed E-state index contributed by atoms with van der Waals surface area (Å²) < 4.78 is 0. The first-order chi connectivity index (χ1) is 9.35. The maximum absolute atomic E-state index is 11.7. The summed E-state index contributed by atoms with van der Waals surface area (Å²) in [5.41, 5.74) is 4.10. The molecule has 7 nitrogen and oxygen atoms in total. The molecule has 20 heavy (non-hydrogen) atoms. The lowest BCUT2D eigenvalue weighted by atomic mass is 9.96. The van der Waals surface area contributed by atoms with Gasteiger partial charge in [-0.05, 0) is 25.5 Å². The van der Waals surface area contributed by atoms with E-state index < -0.39 is 11.5 Å². The summed E-state index contributed by atoms with van der Waals surface area (Å²) in [6, 6.07) is 6.15. The van der Waals surface area contributed by atoms with Gasteiger partial charge in [-0.15, -0.1) is 0 Å². The fourth-order valence-electron chi connectivity index (χ4n) is 1.90. The van der Waals surface area contributed by atoms with Gasteiger partial charge < -0.3 is 15.5 Å². The summed E-state index contributed by atoms with van der Waals surface area (Å²) in [4.78, 5) is 11.7. The van der Waals surface area contributed by atoms with E-state index in [4.69, 9.17) is 5.21 Å². The van der Waals surface area contributed by atoms with Gasteiger partial charge in [-0.2, -0.15) is 0 Å². The van der Waals surface area contributed by atoms with Crippen LogP contribution < -0.4 is 16.1 Å². The predicted molar refractivity (Wildman–Crippen MR) is 76.0 cm³/mol. The molecule has 1 aromatic carbocycles. The van der Waals surface area contributed by atoms with Crippen LogP contribution in [0, 0.1) is 5.21 Å². The van der Waals surface area contributed by atoms with E-state index in [-0.39, 0.29) is 23.0 Å². The average Bonchev–Trinajstić information content (AvgIpc) is 2.35. The van der Waals surface area contributed by atoms with Crippen molar-refractivity contribution in [2.24, 2.45) is 0 Å². The molecule has 0 aliphatic rings. The van der Waals surface area contributed by atoms with Gasteiger partial charge in [0.1, 0.15) is 0 Å². The van der Waals surface area contributed by atoms with E-state index >= 15 is 0 Å². The summed E-state index contributed by atoms with van der Waals surface area (Å²) in [7, 11) is 0. The van der Waals surface area contributed by atoms with E-state index in [1.807, 2.05) is 6.92 Å². The van der Waals surface area contributed by atoms with Crippen molar-refractivity contribution in [1.82, 2.24) is 5.43 Å². The number of rotatable bonds is 7. The number of nitrogens with one attached hydrogen (secondary N) is 2. The number of hydrazine groups is 1. The molecule has 1 atom stereocenters. The van der Waals surface area contributed by atoms with Crippen LogP contribution in [0.3, 0.4) is 0 Å². The molecule has 1 amide bonds. The van der Waals surface area contributed by atoms with Crippen molar-refractivity contribution in [3.63, 3.8) is 0 Å². The SMILES string of the molecule is CCCC(C)(O)CC(=O)NNc1ccccc1N([O-])O. The minimum atomic E-state index is -1.07. The molecule has 0 radical (unpaired) electrons. The summed E-state index contributed by atoms with van der Waals surface area (Å²) >= 11 is 0. The number of benzene rings is 1. The first-order valence-electron chi connectivity index (χ1n) is 6.38. The van der Waals surface area contributed by atoms with Gasteiger partial charge in [-0.3, -0.25) is 20.9 Å². The van der Waals surface area contributed by atoms with Crippen LogP contribution in [0.5, 0.6) is 0 Å². The highest BCUT2D eigenvalue weighted by Crippen LogP contribution is 2.23.